The number of aromatic amines is 1. The largest absolute Gasteiger partial charge is 0.358 e. The summed E-state index contributed by atoms with van der Waals surface area (Å²) in [4.78, 5) is 15.8. The molecule has 0 saturated heterocycles. The molecule has 4 heteroatoms. The Bertz CT molecular complexity index is 667. The van der Waals surface area contributed by atoms with E-state index in [2.05, 4.69) is 10.3 Å². The predicted molar refractivity (Wildman–Crippen MR) is 89.9 cm³/mol. The molecule has 1 amide bonds. The highest BCUT2D eigenvalue weighted by atomic mass is 19.1. The minimum atomic E-state index is -0.261. The van der Waals surface area contributed by atoms with Gasteiger partial charge in [0.1, 0.15) is 5.82 Å². The average molecular weight is 314 g/mol. The van der Waals surface area contributed by atoms with E-state index in [1.54, 1.807) is 12.1 Å². The van der Waals surface area contributed by atoms with Gasteiger partial charge in [-0.05, 0) is 55.7 Å². The molecule has 1 aromatic carbocycles. The summed E-state index contributed by atoms with van der Waals surface area (Å²) in [5, 5.41) is 3.17. The minimum Gasteiger partial charge on any atom is -0.358 e. The molecule has 3 rings (SSSR count). The number of hydrogen-bond donors (Lipinski definition) is 2. The van der Waals surface area contributed by atoms with Crippen molar-refractivity contribution in [3.63, 3.8) is 0 Å². The minimum absolute atomic E-state index is 0.0148. The van der Waals surface area contributed by atoms with Gasteiger partial charge in [-0.1, -0.05) is 25.7 Å². The summed E-state index contributed by atoms with van der Waals surface area (Å²) >= 11 is 0. The number of benzene rings is 1. The number of amides is 1. The molecule has 1 aliphatic carbocycles. The molecule has 0 bridgehead atoms. The third-order valence-electron chi connectivity index (χ3n) is 4.61. The number of H-pyrrole nitrogens is 1. The summed E-state index contributed by atoms with van der Waals surface area (Å²) in [6.07, 6.45) is 7.06. The first-order valence-electron chi connectivity index (χ1n) is 8.40. The summed E-state index contributed by atoms with van der Waals surface area (Å²) in [6, 6.07) is 8.43. The van der Waals surface area contributed by atoms with Crippen LogP contribution in [0.2, 0.25) is 0 Å². The molecule has 2 aromatic rings. The van der Waals surface area contributed by atoms with Gasteiger partial charge < -0.3 is 10.3 Å². The predicted octanol–water partition coefficient (Wildman–Crippen LogP) is 4.58. The van der Waals surface area contributed by atoms with Gasteiger partial charge in [-0.2, -0.15) is 0 Å². The number of rotatable bonds is 3. The molecule has 0 unspecified atom stereocenters. The lowest BCUT2D eigenvalue weighted by atomic mass is 10.1. The fourth-order valence-electron chi connectivity index (χ4n) is 3.27. The highest BCUT2D eigenvalue weighted by Gasteiger charge is 2.18. The van der Waals surface area contributed by atoms with Crippen LogP contribution < -0.4 is 5.32 Å². The molecule has 23 heavy (non-hydrogen) atoms. The lowest BCUT2D eigenvalue weighted by molar-refractivity contribution is 0.0933. The molecule has 0 spiro atoms. The monoisotopic (exact) mass is 314 g/mol. The Balaban J connectivity index is 1.74. The fourth-order valence-corrected chi connectivity index (χ4v) is 3.27. The van der Waals surface area contributed by atoms with Crippen LogP contribution in [0.3, 0.4) is 0 Å². The van der Waals surface area contributed by atoms with Crippen LogP contribution in [0.15, 0.2) is 30.3 Å². The van der Waals surface area contributed by atoms with Gasteiger partial charge in [0.05, 0.1) is 5.56 Å². The van der Waals surface area contributed by atoms with Crippen LogP contribution in [-0.2, 0) is 0 Å². The van der Waals surface area contributed by atoms with E-state index in [-0.39, 0.29) is 17.8 Å². The molecular formula is C19H23FN2O. The van der Waals surface area contributed by atoms with Crippen molar-refractivity contribution in [3.8, 4) is 11.3 Å². The maximum atomic E-state index is 13.0. The zero-order chi connectivity index (χ0) is 16.2. The van der Waals surface area contributed by atoms with Crippen molar-refractivity contribution in [2.24, 2.45) is 0 Å². The highest BCUT2D eigenvalue weighted by Crippen LogP contribution is 2.23. The maximum Gasteiger partial charge on any atom is 0.253 e. The number of carbonyl (C=O) groups excluding carboxylic acids is 1. The summed E-state index contributed by atoms with van der Waals surface area (Å²) in [5.41, 5.74) is 3.24. The first kappa shape index (κ1) is 15.8. The normalized spacial score (nSPS) is 16.1. The van der Waals surface area contributed by atoms with Crippen LogP contribution in [-0.4, -0.2) is 16.9 Å². The van der Waals surface area contributed by atoms with E-state index < -0.39 is 0 Å². The molecule has 1 fully saturated rings. The van der Waals surface area contributed by atoms with Gasteiger partial charge in [0, 0.05) is 17.4 Å². The van der Waals surface area contributed by atoms with Gasteiger partial charge in [-0.3, -0.25) is 4.79 Å². The lowest BCUT2D eigenvalue weighted by Gasteiger charge is -2.15. The smallest absolute Gasteiger partial charge is 0.253 e. The molecule has 122 valence electrons. The Hall–Kier alpha value is -2.10. The van der Waals surface area contributed by atoms with Crippen molar-refractivity contribution in [2.45, 2.75) is 51.5 Å². The summed E-state index contributed by atoms with van der Waals surface area (Å²) < 4.78 is 13.0. The zero-order valence-electron chi connectivity index (χ0n) is 13.5. The van der Waals surface area contributed by atoms with Crippen molar-refractivity contribution in [3.05, 3.63) is 47.4 Å². The highest BCUT2D eigenvalue weighted by molar-refractivity contribution is 5.97. The molecular weight excluding hydrogens is 291 g/mol. The SMILES string of the molecule is Cc1[nH]c(-c2ccc(F)cc2)cc1C(=O)NC1CCCCCC1. The van der Waals surface area contributed by atoms with Gasteiger partial charge >= 0.3 is 0 Å². The van der Waals surface area contributed by atoms with Crippen molar-refractivity contribution in [2.75, 3.05) is 0 Å². The number of halogens is 1. The quantitative estimate of drug-likeness (QED) is 0.800. The van der Waals surface area contributed by atoms with E-state index in [4.69, 9.17) is 0 Å². The van der Waals surface area contributed by atoms with Crippen LogP contribution in [0.5, 0.6) is 0 Å². The first-order valence-corrected chi connectivity index (χ1v) is 8.40. The van der Waals surface area contributed by atoms with Crippen molar-refractivity contribution in [1.82, 2.24) is 10.3 Å². The van der Waals surface area contributed by atoms with Crippen molar-refractivity contribution in [1.29, 1.82) is 0 Å². The lowest BCUT2D eigenvalue weighted by Crippen LogP contribution is -2.34. The Morgan fingerprint density at radius 2 is 1.78 bits per heavy atom. The topological polar surface area (TPSA) is 44.9 Å². The summed E-state index contributed by atoms with van der Waals surface area (Å²) in [7, 11) is 0. The van der Waals surface area contributed by atoms with Crippen LogP contribution >= 0.6 is 0 Å². The molecule has 3 nitrogen and oxygen atoms in total. The van der Waals surface area contributed by atoms with E-state index in [1.807, 2.05) is 13.0 Å². The van der Waals surface area contributed by atoms with E-state index in [1.165, 1.54) is 37.8 Å². The van der Waals surface area contributed by atoms with Gasteiger partial charge in [0.15, 0.2) is 0 Å². The molecule has 1 aromatic heterocycles. The van der Waals surface area contributed by atoms with Gasteiger partial charge in [0.25, 0.3) is 5.91 Å². The summed E-state index contributed by atoms with van der Waals surface area (Å²) in [5.74, 6) is -0.276. The maximum absolute atomic E-state index is 13.0. The third kappa shape index (κ3) is 3.81. The molecule has 1 saturated carbocycles. The van der Waals surface area contributed by atoms with Crippen LogP contribution in [0, 0.1) is 12.7 Å². The molecule has 0 atom stereocenters. The molecule has 1 aliphatic rings. The second kappa shape index (κ2) is 6.99. The Kier molecular flexibility index (Phi) is 4.79. The number of aromatic nitrogens is 1. The number of hydrogen-bond acceptors (Lipinski definition) is 1. The summed E-state index contributed by atoms with van der Waals surface area (Å²) in [6.45, 7) is 1.90. The Morgan fingerprint density at radius 1 is 1.13 bits per heavy atom. The van der Waals surface area contributed by atoms with E-state index in [0.29, 0.717) is 5.56 Å². The van der Waals surface area contributed by atoms with E-state index >= 15 is 0 Å². The second-order valence-corrected chi connectivity index (χ2v) is 6.39. The zero-order valence-corrected chi connectivity index (χ0v) is 13.5. The average Bonchev–Trinajstić information content (AvgIpc) is 2.75. The van der Waals surface area contributed by atoms with Crippen LogP contribution in [0.4, 0.5) is 4.39 Å². The number of carbonyl (C=O) groups is 1. The van der Waals surface area contributed by atoms with Crippen molar-refractivity contribution < 1.29 is 9.18 Å². The van der Waals surface area contributed by atoms with E-state index in [9.17, 15) is 9.18 Å². The van der Waals surface area contributed by atoms with Gasteiger partial charge in [-0.25, -0.2) is 4.39 Å². The number of nitrogens with one attached hydrogen (secondary N) is 2. The van der Waals surface area contributed by atoms with Crippen LogP contribution in [0.25, 0.3) is 11.3 Å². The molecule has 0 aliphatic heterocycles. The third-order valence-corrected chi connectivity index (χ3v) is 4.61. The Labute approximate surface area is 136 Å². The van der Waals surface area contributed by atoms with Gasteiger partial charge in [-0.15, -0.1) is 0 Å². The van der Waals surface area contributed by atoms with Crippen LogP contribution in [0.1, 0.15) is 54.6 Å². The second-order valence-electron chi connectivity index (χ2n) is 6.39. The molecule has 1 heterocycles. The first-order chi connectivity index (χ1) is 11.1. The standard InChI is InChI=1S/C19H23FN2O/c1-13-17(19(23)22-16-6-4-2-3-5-7-16)12-18(21-13)14-8-10-15(20)11-9-14/h8-12,16,21H,2-7H2,1H3,(H,22,23). The molecule has 2 N–H and O–H groups in total. The Morgan fingerprint density at radius 3 is 2.43 bits per heavy atom. The molecule has 0 radical (unpaired) electrons. The van der Waals surface area contributed by atoms with Gasteiger partial charge in [0.2, 0.25) is 0 Å². The number of aryl methyl sites for hydroxylation is 1. The fraction of sp³-hybridized carbons (Fsp3) is 0.421. The van der Waals surface area contributed by atoms with Crippen molar-refractivity contribution >= 4 is 5.91 Å². The van der Waals surface area contributed by atoms with E-state index in [0.717, 1.165) is 29.8 Å².